The molecule has 3 rings (SSSR count). The Labute approximate surface area is 211 Å². The quantitative estimate of drug-likeness (QED) is 0.348. The van der Waals surface area contributed by atoms with E-state index in [0.717, 1.165) is 39.0 Å². The summed E-state index contributed by atoms with van der Waals surface area (Å²) in [5.41, 5.74) is 5.23. The summed E-state index contributed by atoms with van der Waals surface area (Å²) in [7, 11) is 5.66. The maximum atomic E-state index is 12.1. The van der Waals surface area contributed by atoms with E-state index in [1.165, 1.54) is 4.90 Å². The minimum atomic E-state index is -0.412. The summed E-state index contributed by atoms with van der Waals surface area (Å²) in [6.07, 6.45) is 6.60. The van der Waals surface area contributed by atoms with E-state index >= 15 is 0 Å². The fourth-order valence-electron chi connectivity index (χ4n) is 3.77. The van der Waals surface area contributed by atoms with Crippen LogP contribution in [-0.2, 0) is 17.9 Å². The summed E-state index contributed by atoms with van der Waals surface area (Å²) < 4.78 is 11.3. The summed E-state index contributed by atoms with van der Waals surface area (Å²) in [5, 5.41) is 1.44. The number of para-hydroxylation sites is 1. The van der Waals surface area contributed by atoms with Crippen molar-refractivity contribution in [2.45, 2.75) is 27.0 Å². The molecule has 7 nitrogen and oxygen atoms in total. The molecule has 0 aliphatic heterocycles. The zero-order chi connectivity index (χ0) is 25.5. The molecule has 0 bridgehead atoms. The molecule has 0 atom stereocenters. The lowest BCUT2D eigenvalue weighted by atomic mass is 10.0. The fraction of sp³-hybridized carbons (Fsp3) is 0.296. The van der Waals surface area contributed by atoms with Crippen molar-refractivity contribution in [3.05, 3.63) is 82.8 Å². The Kier molecular flexibility index (Phi) is 8.71. The van der Waals surface area contributed by atoms with Crippen molar-refractivity contribution in [2.75, 3.05) is 27.7 Å². The number of nitrogens with zero attached hydrogens (tertiary/aromatic N) is 4. The first-order chi connectivity index (χ1) is 16.8. The molecule has 0 spiro atoms. The largest absolute Gasteiger partial charge is 0.487 e. The van der Waals surface area contributed by atoms with Crippen LogP contribution in [0, 0.1) is 6.92 Å². The molecule has 0 aliphatic rings. The Morgan fingerprint density at radius 2 is 2.00 bits per heavy atom. The second kappa shape index (κ2) is 11.7. The molecular weight excluding hydrogens is 464 g/mol. The summed E-state index contributed by atoms with van der Waals surface area (Å²) in [5.74, 6) is 0.640. The number of pyridine rings is 2. The monoisotopic (exact) mass is 494 g/mol. The number of allylic oxidation sites excluding steroid dienone is 2. The molecule has 184 valence electrons. The number of amides is 1. The van der Waals surface area contributed by atoms with Crippen molar-refractivity contribution in [1.82, 2.24) is 19.8 Å². The normalized spacial score (nSPS) is 11.3. The van der Waals surface area contributed by atoms with Gasteiger partial charge in [-0.05, 0) is 37.6 Å². The van der Waals surface area contributed by atoms with Crippen LogP contribution in [0.5, 0.6) is 5.75 Å². The van der Waals surface area contributed by atoms with Crippen molar-refractivity contribution in [3.8, 4) is 5.75 Å². The van der Waals surface area contributed by atoms with Crippen molar-refractivity contribution < 1.29 is 14.3 Å². The van der Waals surface area contributed by atoms with Crippen LogP contribution in [0.4, 0.5) is 4.79 Å². The number of carbonyl (C=O) groups is 1. The maximum absolute atomic E-state index is 12.1. The third-order valence-electron chi connectivity index (χ3n) is 5.42. The Balaban J connectivity index is 1.97. The van der Waals surface area contributed by atoms with Crippen LogP contribution in [0.3, 0.4) is 0 Å². The Morgan fingerprint density at radius 1 is 1.23 bits per heavy atom. The smallest absolute Gasteiger partial charge is 0.409 e. The van der Waals surface area contributed by atoms with Crippen molar-refractivity contribution in [1.29, 1.82) is 0 Å². The summed E-state index contributed by atoms with van der Waals surface area (Å²) >= 11 is 6.48. The van der Waals surface area contributed by atoms with Gasteiger partial charge in [0.1, 0.15) is 17.9 Å². The van der Waals surface area contributed by atoms with Gasteiger partial charge in [-0.3, -0.25) is 4.98 Å². The van der Waals surface area contributed by atoms with Crippen molar-refractivity contribution in [2.24, 2.45) is 0 Å². The molecule has 0 unspecified atom stereocenters. The first-order valence-electron chi connectivity index (χ1n) is 11.3. The van der Waals surface area contributed by atoms with E-state index < -0.39 is 6.09 Å². The summed E-state index contributed by atoms with van der Waals surface area (Å²) in [6.45, 7) is 8.38. The third kappa shape index (κ3) is 6.11. The number of ether oxygens (including phenoxy) is 2. The van der Waals surface area contributed by atoms with E-state index in [1.807, 2.05) is 50.2 Å². The second-order valence-corrected chi connectivity index (χ2v) is 8.66. The molecule has 1 amide bonds. The van der Waals surface area contributed by atoms with Crippen LogP contribution in [0.2, 0.25) is 5.02 Å². The molecule has 0 radical (unpaired) electrons. The molecule has 0 N–H and O–H groups in total. The highest BCUT2D eigenvalue weighted by Gasteiger charge is 2.17. The van der Waals surface area contributed by atoms with E-state index in [9.17, 15) is 4.79 Å². The predicted octanol–water partition coefficient (Wildman–Crippen LogP) is 5.85. The maximum Gasteiger partial charge on any atom is 0.409 e. The molecule has 3 aromatic rings. The number of aromatic nitrogens is 2. The molecule has 8 heteroatoms. The van der Waals surface area contributed by atoms with Crippen LogP contribution in [0.15, 0.2) is 55.4 Å². The third-order valence-corrected chi connectivity index (χ3v) is 5.74. The highest BCUT2D eigenvalue weighted by molar-refractivity contribution is 6.31. The van der Waals surface area contributed by atoms with Gasteiger partial charge in [-0.2, -0.15) is 0 Å². The van der Waals surface area contributed by atoms with Gasteiger partial charge in [0.15, 0.2) is 0 Å². The Morgan fingerprint density at radius 3 is 2.69 bits per heavy atom. The topological polar surface area (TPSA) is 67.8 Å². The molecule has 2 aromatic heterocycles. The highest BCUT2D eigenvalue weighted by atomic mass is 35.5. The average Bonchev–Trinajstić information content (AvgIpc) is 2.81. The molecule has 0 fully saturated rings. The predicted molar refractivity (Wildman–Crippen MR) is 140 cm³/mol. The lowest BCUT2D eigenvalue weighted by Gasteiger charge is -2.21. The van der Waals surface area contributed by atoms with Gasteiger partial charge in [0.25, 0.3) is 0 Å². The van der Waals surface area contributed by atoms with Crippen LogP contribution < -0.4 is 4.74 Å². The van der Waals surface area contributed by atoms with E-state index in [1.54, 1.807) is 32.4 Å². The van der Waals surface area contributed by atoms with E-state index in [-0.39, 0.29) is 6.61 Å². The molecule has 0 saturated heterocycles. The zero-order valence-corrected chi connectivity index (χ0v) is 21.6. The van der Waals surface area contributed by atoms with Gasteiger partial charge in [-0.15, -0.1) is 0 Å². The van der Waals surface area contributed by atoms with Crippen LogP contribution in [0.1, 0.15) is 29.3 Å². The number of rotatable bonds is 9. The number of hydrogen-bond acceptors (Lipinski definition) is 6. The SMILES string of the molecule is C=C/C=C(/c1cc(C)nc2c(OCc3c(Cl)cncc3CN(C)C(=O)OCC)cccc12)N(C)C. The number of benzene rings is 1. The van der Waals surface area contributed by atoms with Gasteiger partial charge in [-0.1, -0.05) is 36.4 Å². The standard InChI is InChI=1S/C27H31ClN4O3/c1-7-10-24(31(4)5)21-13-18(3)30-26-20(21)11-9-12-25(26)35-17-22-19(14-29-15-23(22)28)16-32(6)27(33)34-8-2/h7,9-15H,1,8,16-17H2,2-6H3/b24-10-. The van der Waals surface area contributed by atoms with Gasteiger partial charge >= 0.3 is 6.09 Å². The van der Waals surface area contributed by atoms with Gasteiger partial charge < -0.3 is 19.3 Å². The van der Waals surface area contributed by atoms with Gasteiger partial charge in [-0.25, -0.2) is 9.78 Å². The Bertz CT molecular complexity index is 1260. The van der Waals surface area contributed by atoms with Crippen molar-refractivity contribution >= 4 is 34.3 Å². The Hall–Kier alpha value is -3.58. The average molecular weight is 495 g/mol. The summed E-state index contributed by atoms with van der Waals surface area (Å²) in [4.78, 5) is 24.6. The number of halogens is 1. The number of carbonyl (C=O) groups excluding carboxylic acids is 1. The zero-order valence-electron chi connectivity index (χ0n) is 20.8. The van der Waals surface area contributed by atoms with Crippen molar-refractivity contribution in [3.63, 3.8) is 0 Å². The van der Waals surface area contributed by atoms with Gasteiger partial charge in [0.2, 0.25) is 0 Å². The molecule has 35 heavy (non-hydrogen) atoms. The van der Waals surface area contributed by atoms with Crippen LogP contribution in [0.25, 0.3) is 16.6 Å². The van der Waals surface area contributed by atoms with Crippen LogP contribution >= 0.6 is 11.6 Å². The fourth-order valence-corrected chi connectivity index (χ4v) is 4.01. The molecule has 2 heterocycles. The molecule has 0 saturated carbocycles. The molecular formula is C27H31ClN4O3. The lowest BCUT2D eigenvalue weighted by molar-refractivity contribution is 0.114. The molecule has 0 aliphatic carbocycles. The van der Waals surface area contributed by atoms with Crippen LogP contribution in [-0.4, -0.2) is 53.6 Å². The number of hydrogen-bond donors (Lipinski definition) is 0. The first kappa shape index (κ1) is 26.0. The minimum Gasteiger partial charge on any atom is -0.487 e. The van der Waals surface area contributed by atoms with E-state index in [2.05, 4.69) is 17.6 Å². The van der Waals surface area contributed by atoms with Gasteiger partial charge in [0, 0.05) is 61.4 Å². The lowest BCUT2D eigenvalue weighted by Crippen LogP contribution is -2.27. The molecule has 1 aromatic carbocycles. The highest BCUT2D eigenvalue weighted by Crippen LogP contribution is 2.32. The van der Waals surface area contributed by atoms with E-state index in [4.69, 9.17) is 26.1 Å². The minimum absolute atomic E-state index is 0.195. The number of fused-ring (bicyclic) bond motifs is 1. The summed E-state index contributed by atoms with van der Waals surface area (Å²) in [6, 6.07) is 7.93. The second-order valence-electron chi connectivity index (χ2n) is 8.25. The first-order valence-corrected chi connectivity index (χ1v) is 11.7. The number of aryl methyl sites for hydroxylation is 1. The van der Waals surface area contributed by atoms with Gasteiger partial charge in [0.05, 0.1) is 18.2 Å². The van der Waals surface area contributed by atoms with E-state index in [0.29, 0.717) is 23.9 Å².